The largest absolute Gasteiger partial charge is 0.492 e. The number of amides is 1. The summed E-state index contributed by atoms with van der Waals surface area (Å²) in [5.41, 5.74) is 2.40. The number of halogens is 1. The third-order valence-electron chi connectivity index (χ3n) is 3.99. The highest BCUT2D eigenvalue weighted by Crippen LogP contribution is 2.24. The predicted octanol–water partition coefficient (Wildman–Crippen LogP) is 4.77. The Balaban J connectivity index is 1.67. The Bertz CT molecular complexity index is 690. The fourth-order valence-electron chi connectivity index (χ4n) is 2.45. The van der Waals surface area contributed by atoms with Gasteiger partial charge < -0.3 is 10.1 Å². The summed E-state index contributed by atoms with van der Waals surface area (Å²) in [6, 6.07) is 15.7. The number of aryl methyl sites for hydroxylation is 1. The van der Waals surface area contributed by atoms with Gasteiger partial charge >= 0.3 is 0 Å². The zero-order valence-electron chi connectivity index (χ0n) is 15.1. The summed E-state index contributed by atoms with van der Waals surface area (Å²) in [6.45, 7) is 7.48. The van der Waals surface area contributed by atoms with Gasteiger partial charge in [0, 0.05) is 11.4 Å². The van der Waals surface area contributed by atoms with E-state index in [1.54, 1.807) is 0 Å². The van der Waals surface area contributed by atoms with E-state index < -0.39 is 0 Å². The van der Waals surface area contributed by atoms with Crippen LogP contribution in [0.3, 0.4) is 0 Å². The Morgan fingerprint density at radius 3 is 2.40 bits per heavy atom. The molecule has 2 rings (SSSR count). The van der Waals surface area contributed by atoms with Crippen molar-refractivity contribution in [3.05, 3.63) is 64.7 Å². The van der Waals surface area contributed by atoms with Crippen LogP contribution in [0.2, 0.25) is 5.02 Å². The van der Waals surface area contributed by atoms with E-state index in [1.807, 2.05) is 36.4 Å². The fraction of sp³-hybridized carbons (Fsp3) is 0.381. The van der Waals surface area contributed by atoms with Gasteiger partial charge in [-0.15, -0.1) is 0 Å². The topological polar surface area (TPSA) is 38.3 Å². The number of benzene rings is 2. The lowest BCUT2D eigenvalue weighted by molar-refractivity contribution is -0.121. The van der Waals surface area contributed by atoms with Crippen molar-refractivity contribution in [3.8, 4) is 5.75 Å². The fourth-order valence-corrected chi connectivity index (χ4v) is 2.68. The molecule has 25 heavy (non-hydrogen) atoms. The first-order valence-corrected chi connectivity index (χ1v) is 8.97. The minimum absolute atomic E-state index is 0.00611. The normalized spacial score (nSPS) is 11.2. The van der Waals surface area contributed by atoms with Crippen molar-refractivity contribution >= 4 is 17.5 Å². The number of carbonyl (C=O) groups is 1. The first kappa shape index (κ1) is 19.3. The monoisotopic (exact) mass is 359 g/mol. The Morgan fingerprint density at radius 1 is 1.08 bits per heavy atom. The number of rotatable bonds is 7. The SMILES string of the molecule is CC(C)(C)c1ccc(OCCNC(=O)CCc2ccccc2Cl)cc1. The quantitative estimate of drug-likeness (QED) is 0.723. The summed E-state index contributed by atoms with van der Waals surface area (Å²) < 4.78 is 5.67. The van der Waals surface area contributed by atoms with Gasteiger partial charge in [-0.3, -0.25) is 4.79 Å². The molecule has 0 saturated heterocycles. The Morgan fingerprint density at radius 2 is 1.76 bits per heavy atom. The van der Waals surface area contributed by atoms with Crippen LogP contribution in [0.5, 0.6) is 5.75 Å². The van der Waals surface area contributed by atoms with Crippen molar-refractivity contribution in [2.45, 2.75) is 39.0 Å². The van der Waals surface area contributed by atoms with Crippen molar-refractivity contribution in [3.63, 3.8) is 0 Å². The lowest BCUT2D eigenvalue weighted by Crippen LogP contribution is -2.28. The van der Waals surface area contributed by atoms with Gasteiger partial charge in [0.2, 0.25) is 5.91 Å². The molecular formula is C21H26ClNO2. The van der Waals surface area contributed by atoms with E-state index in [1.165, 1.54) is 5.56 Å². The van der Waals surface area contributed by atoms with Crippen LogP contribution in [0.25, 0.3) is 0 Å². The third-order valence-corrected chi connectivity index (χ3v) is 4.36. The zero-order chi connectivity index (χ0) is 18.3. The van der Waals surface area contributed by atoms with Crippen molar-refractivity contribution < 1.29 is 9.53 Å². The molecule has 0 heterocycles. The standard InChI is InChI=1S/C21H26ClNO2/c1-21(2,3)17-9-11-18(12-10-17)25-15-14-23-20(24)13-8-16-6-4-5-7-19(16)22/h4-7,9-12H,8,13-15H2,1-3H3,(H,23,24). The van der Waals surface area contributed by atoms with Gasteiger partial charge in [0.1, 0.15) is 12.4 Å². The van der Waals surface area contributed by atoms with E-state index in [0.29, 0.717) is 31.0 Å². The number of hydrogen-bond acceptors (Lipinski definition) is 2. The highest BCUT2D eigenvalue weighted by Gasteiger charge is 2.12. The molecule has 134 valence electrons. The molecule has 0 aliphatic heterocycles. The van der Waals surface area contributed by atoms with Gasteiger partial charge in [0.05, 0.1) is 6.54 Å². The van der Waals surface area contributed by atoms with E-state index >= 15 is 0 Å². The van der Waals surface area contributed by atoms with Crippen LogP contribution in [0, 0.1) is 0 Å². The van der Waals surface area contributed by atoms with Crippen LogP contribution in [0.15, 0.2) is 48.5 Å². The van der Waals surface area contributed by atoms with Crippen LogP contribution >= 0.6 is 11.6 Å². The van der Waals surface area contributed by atoms with E-state index in [9.17, 15) is 4.79 Å². The third kappa shape index (κ3) is 6.43. The van der Waals surface area contributed by atoms with Crippen molar-refractivity contribution in [2.75, 3.05) is 13.2 Å². The molecule has 2 aromatic rings. The summed E-state index contributed by atoms with van der Waals surface area (Å²) in [7, 11) is 0. The summed E-state index contributed by atoms with van der Waals surface area (Å²) in [5, 5.41) is 3.58. The lowest BCUT2D eigenvalue weighted by atomic mass is 9.87. The molecule has 1 N–H and O–H groups in total. The molecule has 4 heteroatoms. The van der Waals surface area contributed by atoms with Crippen LogP contribution < -0.4 is 10.1 Å². The average Bonchev–Trinajstić information content (AvgIpc) is 2.57. The second kappa shape index (κ2) is 8.91. The molecule has 0 aliphatic rings. The maximum absolute atomic E-state index is 11.9. The van der Waals surface area contributed by atoms with E-state index in [-0.39, 0.29) is 11.3 Å². The van der Waals surface area contributed by atoms with Gasteiger partial charge in [0.25, 0.3) is 0 Å². The van der Waals surface area contributed by atoms with E-state index in [0.717, 1.165) is 11.3 Å². The highest BCUT2D eigenvalue weighted by molar-refractivity contribution is 6.31. The number of hydrogen-bond donors (Lipinski definition) is 1. The van der Waals surface area contributed by atoms with E-state index in [4.69, 9.17) is 16.3 Å². The zero-order valence-corrected chi connectivity index (χ0v) is 15.9. The smallest absolute Gasteiger partial charge is 0.220 e. The first-order chi connectivity index (χ1) is 11.9. The number of ether oxygens (including phenoxy) is 1. The summed E-state index contributed by atoms with van der Waals surface area (Å²) in [4.78, 5) is 11.9. The molecule has 1 amide bonds. The minimum atomic E-state index is 0.00611. The maximum Gasteiger partial charge on any atom is 0.220 e. The summed E-state index contributed by atoms with van der Waals surface area (Å²) in [6.07, 6.45) is 1.06. The minimum Gasteiger partial charge on any atom is -0.492 e. The van der Waals surface area contributed by atoms with Gasteiger partial charge in [-0.2, -0.15) is 0 Å². The number of carbonyl (C=O) groups excluding carboxylic acids is 1. The Labute approximate surface area is 155 Å². The maximum atomic E-state index is 11.9. The van der Waals surface area contributed by atoms with Gasteiger partial charge in [-0.05, 0) is 41.2 Å². The van der Waals surface area contributed by atoms with Crippen molar-refractivity contribution in [2.24, 2.45) is 0 Å². The molecule has 0 saturated carbocycles. The average molecular weight is 360 g/mol. The molecule has 0 bridgehead atoms. The van der Waals surface area contributed by atoms with Gasteiger partial charge in [-0.25, -0.2) is 0 Å². The van der Waals surface area contributed by atoms with Gasteiger partial charge in [0.15, 0.2) is 0 Å². The summed E-state index contributed by atoms with van der Waals surface area (Å²) >= 11 is 6.09. The lowest BCUT2D eigenvalue weighted by Gasteiger charge is -2.19. The van der Waals surface area contributed by atoms with Crippen LogP contribution in [-0.2, 0) is 16.6 Å². The molecule has 0 spiro atoms. The van der Waals surface area contributed by atoms with Crippen LogP contribution in [0.1, 0.15) is 38.3 Å². The molecule has 0 radical (unpaired) electrons. The molecule has 0 aliphatic carbocycles. The molecule has 0 fully saturated rings. The second-order valence-corrected chi connectivity index (χ2v) is 7.47. The predicted molar refractivity (Wildman–Crippen MR) is 103 cm³/mol. The molecular weight excluding hydrogens is 334 g/mol. The second-order valence-electron chi connectivity index (χ2n) is 7.06. The molecule has 0 atom stereocenters. The Hall–Kier alpha value is -2.00. The summed E-state index contributed by atoms with van der Waals surface area (Å²) in [5.74, 6) is 0.824. The first-order valence-electron chi connectivity index (χ1n) is 8.60. The molecule has 0 unspecified atom stereocenters. The highest BCUT2D eigenvalue weighted by atomic mass is 35.5. The molecule has 2 aromatic carbocycles. The van der Waals surface area contributed by atoms with Crippen LogP contribution in [0.4, 0.5) is 0 Å². The Kier molecular flexibility index (Phi) is 6.89. The van der Waals surface area contributed by atoms with Gasteiger partial charge in [-0.1, -0.05) is 62.7 Å². The number of nitrogens with one attached hydrogen (secondary N) is 1. The van der Waals surface area contributed by atoms with Crippen molar-refractivity contribution in [1.29, 1.82) is 0 Å². The van der Waals surface area contributed by atoms with Crippen LogP contribution in [-0.4, -0.2) is 19.1 Å². The molecule has 3 nitrogen and oxygen atoms in total. The van der Waals surface area contributed by atoms with Crippen molar-refractivity contribution in [1.82, 2.24) is 5.32 Å². The molecule has 0 aromatic heterocycles. The van der Waals surface area contributed by atoms with E-state index in [2.05, 4.69) is 38.2 Å².